The monoisotopic (exact) mass is 343 g/mol. The summed E-state index contributed by atoms with van der Waals surface area (Å²) in [6.07, 6.45) is 0. The Balaban J connectivity index is 1.76. The Morgan fingerprint density at radius 2 is 1.86 bits per heavy atom. The number of hydrogen-bond donors (Lipinski definition) is 1. The fraction of sp³-hybridized carbons (Fsp3) is 0.308. The molecule has 1 amide bonds. The van der Waals surface area contributed by atoms with E-state index in [1.807, 2.05) is 0 Å². The third-order valence-electron chi connectivity index (χ3n) is 3.57. The van der Waals surface area contributed by atoms with E-state index in [4.69, 9.17) is 21.2 Å². The summed E-state index contributed by atoms with van der Waals surface area (Å²) in [6.45, 7) is 0.896. The molecule has 0 aliphatic carbocycles. The molecule has 2 heterocycles. The molecule has 0 spiro atoms. The number of hydrogen-bond acceptors (Lipinski definition) is 4. The lowest BCUT2D eigenvalue weighted by atomic mass is 10.2. The van der Waals surface area contributed by atoms with Crippen LogP contribution >= 0.6 is 11.6 Å². The number of carbonyl (C=O) groups excluding carboxylic acids is 1. The van der Waals surface area contributed by atoms with Gasteiger partial charge in [-0.05, 0) is 24.3 Å². The molecule has 0 saturated carbocycles. The molecule has 7 nitrogen and oxygen atoms in total. The van der Waals surface area contributed by atoms with Crippen molar-refractivity contribution < 1.29 is 17.6 Å². The van der Waals surface area contributed by atoms with Crippen molar-refractivity contribution in [2.75, 3.05) is 26.2 Å². The van der Waals surface area contributed by atoms with Crippen LogP contribution in [0.25, 0.3) is 11.0 Å². The average molecular weight is 344 g/mol. The predicted molar refractivity (Wildman–Crippen MR) is 81.8 cm³/mol. The van der Waals surface area contributed by atoms with Gasteiger partial charge in [-0.3, -0.25) is 4.79 Å². The highest BCUT2D eigenvalue weighted by Crippen LogP contribution is 2.24. The van der Waals surface area contributed by atoms with E-state index >= 15 is 0 Å². The minimum atomic E-state index is -3.71. The lowest BCUT2D eigenvalue weighted by Gasteiger charge is -2.32. The number of furan rings is 1. The van der Waals surface area contributed by atoms with Gasteiger partial charge >= 0.3 is 0 Å². The smallest absolute Gasteiger partial charge is 0.289 e. The van der Waals surface area contributed by atoms with E-state index in [0.29, 0.717) is 10.6 Å². The van der Waals surface area contributed by atoms with Gasteiger partial charge in [0.25, 0.3) is 16.1 Å². The molecule has 1 fully saturated rings. The molecule has 1 aliphatic rings. The Morgan fingerprint density at radius 1 is 1.18 bits per heavy atom. The summed E-state index contributed by atoms with van der Waals surface area (Å²) in [5.74, 6) is -0.0669. The maximum Gasteiger partial charge on any atom is 0.289 e. The van der Waals surface area contributed by atoms with Crippen LogP contribution in [0.15, 0.2) is 28.7 Å². The van der Waals surface area contributed by atoms with E-state index in [0.717, 1.165) is 9.69 Å². The second kappa shape index (κ2) is 5.54. The second-order valence-corrected chi connectivity index (χ2v) is 7.01. The molecule has 1 saturated heterocycles. The Kier molecular flexibility index (Phi) is 3.85. The molecule has 1 aromatic heterocycles. The second-order valence-electron chi connectivity index (χ2n) is 5.03. The number of rotatable bonds is 2. The summed E-state index contributed by atoms with van der Waals surface area (Å²) in [4.78, 5) is 14.0. The van der Waals surface area contributed by atoms with Crippen molar-refractivity contribution in [1.82, 2.24) is 9.21 Å². The largest absolute Gasteiger partial charge is 0.451 e. The standard InChI is InChI=1S/C13H14ClN3O4S/c14-10-1-2-11-9(7-10)8-12(21-11)13(18)16-3-5-17(6-4-16)22(15,19)20/h1-2,7-8H,3-6H2,(H2,15,19,20). The summed E-state index contributed by atoms with van der Waals surface area (Å²) in [7, 11) is -3.71. The number of fused-ring (bicyclic) bond motifs is 1. The van der Waals surface area contributed by atoms with Crippen molar-refractivity contribution in [2.45, 2.75) is 0 Å². The number of amides is 1. The van der Waals surface area contributed by atoms with Crippen LogP contribution in [0.5, 0.6) is 0 Å². The molecule has 2 N–H and O–H groups in total. The van der Waals surface area contributed by atoms with Crippen molar-refractivity contribution in [3.63, 3.8) is 0 Å². The van der Waals surface area contributed by atoms with Crippen molar-refractivity contribution in [3.05, 3.63) is 35.0 Å². The number of nitrogens with two attached hydrogens (primary N) is 1. The van der Waals surface area contributed by atoms with Gasteiger partial charge in [-0.1, -0.05) is 11.6 Å². The van der Waals surface area contributed by atoms with Gasteiger partial charge in [-0.2, -0.15) is 12.7 Å². The van der Waals surface area contributed by atoms with Gasteiger partial charge in [0, 0.05) is 36.6 Å². The highest BCUT2D eigenvalue weighted by Gasteiger charge is 2.28. The van der Waals surface area contributed by atoms with E-state index in [9.17, 15) is 13.2 Å². The molecule has 2 aromatic rings. The first-order valence-corrected chi connectivity index (χ1v) is 8.49. The number of carbonyl (C=O) groups is 1. The van der Waals surface area contributed by atoms with E-state index in [2.05, 4.69) is 0 Å². The van der Waals surface area contributed by atoms with Gasteiger partial charge < -0.3 is 9.32 Å². The molecular formula is C13H14ClN3O4S. The summed E-state index contributed by atoms with van der Waals surface area (Å²) in [5, 5.41) is 6.38. The van der Waals surface area contributed by atoms with Crippen LogP contribution in [0.4, 0.5) is 0 Å². The highest BCUT2D eigenvalue weighted by atomic mass is 35.5. The van der Waals surface area contributed by atoms with Crippen LogP contribution in [0.2, 0.25) is 5.02 Å². The predicted octanol–water partition coefficient (Wildman–Crippen LogP) is 1.05. The van der Waals surface area contributed by atoms with Crippen molar-refractivity contribution in [2.24, 2.45) is 5.14 Å². The number of halogens is 1. The van der Waals surface area contributed by atoms with Crippen molar-refractivity contribution >= 4 is 38.7 Å². The number of nitrogens with zero attached hydrogens (tertiary/aromatic N) is 2. The van der Waals surface area contributed by atoms with Crippen molar-refractivity contribution in [3.8, 4) is 0 Å². The van der Waals surface area contributed by atoms with E-state index in [1.54, 1.807) is 29.2 Å². The summed E-state index contributed by atoms with van der Waals surface area (Å²) >= 11 is 5.90. The molecule has 118 valence electrons. The zero-order chi connectivity index (χ0) is 15.9. The van der Waals surface area contributed by atoms with Crippen LogP contribution in [-0.4, -0.2) is 49.7 Å². The fourth-order valence-corrected chi connectivity index (χ4v) is 3.27. The first-order valence-electron chi connectivity index (χ1n) is 6.61. The lowest BCUT2D eigenvalue weighted by molar-refractivity contribution is 0.0668. The molecule has 3 rings (SSSR count). The Hall–Kier alpha value is -1.61. The fourth-order valence-electron chi connectivity index (χ4n) is 2.42. The molecule has 22 heavy (non-hydrogen) atoms. The first kappa shape index (κ1) is 15.3. The molecule has 9 heteroatoms. The SMILES string of the molecule is NS(=O)(=O)N1CCN(C(=O)c2cc3cc(Cl)ccc3o2)CC1. The third-order valence-corrected chi connectivity index (χ3v) is 4.89. The Labute approximate surface area is 132 Å². The minimum Gasteiger partial charge on any atom is -0.451 e. The van der Waals surface area contributed by atoms with Gasteiger partial charge in [0.2, 0.25) is 0 Å². The summed E-state index contributed by atoms with van der Waals surface area (Å²) in [6, 6.07) is 6.74. The molecular weight excluding hydrogens is 330 g/mol. The molecule has 0 bridgehead atoms. The van der Waals surface area contributed by atoms with Crippen LogP contribution in [-0.2, 0) is 10.2 Å². The number of piperazine rings is 1. The maximum atomic E-state index is 12.4. The molecule has 1 aromatic carbocycles. The van der Waals surface area contributed by atoms with E-state index in [1.165, 1.54) is 0 Å². The van der Waals surface area contributed by atoms with Crippen LogP contribution in [0.3, 0.4) is 0 Å². The van der Waals surface area contributed by atoms with Crippen LogP contribution in [0.1, 0.15) is 10.6 Å². The Bertz CT molecular complexity index is 825. The van der Waals surface area contributed by atoms with Gasteiger partial charge in [0.15, 0.2) is 5.76 Å². The minimum absolute atomic E-state index is 0.177. The van der Waals surface area contributed by atoms with Gasteiger partial charge in [-0.15, -0.1) is 0 Å². The van der Waals surface area contributed by atoms with Crippen LogP contribution in [0, 0.1) is 0 Å². The lowest BCUT2D eigenvalue weighted by Crippen LogP contribution is -2.52. The maximum absolute atomic E-state index is 12.4. The van der Waals surface area contributed by atoms with E-state index < -0.39 is 10.2 Å². The third kappa shape index (κ3) is 2.95. The first-order chi connectivity index (χ1) is 10.3. The average Bonchev–Trinajstić information content (AvgIpc) is 2.88. The van der Waals surface area contributed by atoms with Crippen LogP contribution < -0.4 is 5.14 Å². The zero-order valence-electron chi connectivity index (χ0n) is 11.5. The van der Waals surface area contributed by atoms with Gasteiger partial charge in [0.05, 0.1) is 0 Å². The zero-order valence-corrected chi connectivity index (χ0v) is 13.1. The summed E-state index contributed by atoms with van der Waals surface area (Å²) in [5.41, 5.74) is 0.580. The van der Waals surface area contributed by atoms with Crippen molar-refractivity contribution in [1.29, 1.82) is 0 Å². The molecule has 0 atom stereocenters. The molecule has 1 aliphatic heterocycles. The van der Waals surface area contributed by atoms with Gasteiger partial charge in [0.1, 0.15) is 5.58 Å². The summed E-state index contributed by atoms with van der Waals surface area (Å²) < 4.78 is 29.2. The highest BCUT2D eigenvalue weighted by molar-refractivity contribution is 7.86. The van der Waals surface area contributed by atoms with Gasteiger partial charge in [-0.25, -0.2) is 5.14 Å². The van der Waals surface area contributed by atoms with E-state index in [-0.39, 0.29) is 37.8 Å². The normalized spacial score (nSPS) is 17.1. The molecule has 0 radical (unpaired) electrons. The quantitative estimate of drug-likeness (QED) is 0.881. The topological polar surface area (TPSA) is 96.9 Å². The Morgan fingerprint density at radius 3 is 2.50 bits per heavy atom. The molecule has 0 unspecified atom stereocenters. The number of benzene rings is 1.